The summed E-state index contributed by atoms with van der Waals surface area (Å²) < 4.78 is 5.42. The normalized spacial score (nSPS) is 12.0. The molecule has 1 aromatic heterocycles. The van der Waals surface area contributed by atoms with E-state index in [9.17, 15) is 4.79 Å². The smallest absolute Gasteiger partial charge is 0.257 e. The lowest BCUT2D eigenvalue weighted by atomic mass is 10.0. The Morgan fingerprint density at radius 2 is 1.71 bits per heavy atom. The average molecular weight is 320 g/mol. The van der Waals surface area contributed by atoms with Crippen molar-refractivity contribution in [1.29, 1.82) is 0 Å². The van der Waals surface area contributed by atoms with E-state index >= 15 is 0 Å². The quantitative estimate of drug-likeness (QED) is 0.772. The van der Waals surface area contributed by atoms with E-state index in [-0.39, 0.29) is 11.9 Å². The number of aryl methyl sites for hydroxylation is 2. The van der Waals surface area contributed by atoms with Crippen molar-refractivity contribution in [2.24, 2.45) is 0 Å². The van der Waals surface area contributed by atoms with Gasteiger partial charge in [-0.3, -0.25) is 4.79 Å². The van der Waals surface area contributed by atoms with Crippen molar-refractivity contribution in [2.75, 3.05) is 0 Å². The summed E-state index contributed by atoms with van der Waals surface area (Å²) in [5.74, 6) is 0.325. The lowest BCUT2D eigenvalue weighted by Crippen LogP contribution is -2.27. The van der Waals surface area contributed by atoms with Crippen LogP contribution < -0.4 is 5.32 Å². The summed E-state index contributed by atoms with van der Waals surface area (Å²) in [4.78, 5) is 12.8. The molecule has 3 aromatic rings. The molecule has 0 aliphatic heterocycles. The molecule has 4 heteroatoms. The fourth-order valence-corrected chi connectivity index (χ4v) is 2.63. The van der Waals surface area contributed by atoms with Crippen LogP contribution in [0.5, 0.6) is 0 Å². The summed E-state index contributed by atoms with van der Waals surface area (Å²) in [7, 11) is 0. The van der Waals surface area contributed by atoms with Gasteiger partial charge in [0.2, 0.25) is 0 Å². The first-order valence-electron chi connectivity index (χ1n) is 7.95. The predicted molar refractivity (Wildman–Crippen MR) is 93.7 cm³/mol. The summed E-state index contributed by atoms with van der Waals surface area (Å²) in [6.07, 6.45) is 0. The maximum Gasteiger partial charge on any atom is 0.257 e. The van der Waals surface area contributed by atoms with Crippen LogP contribution in [0.15, 0.2) is 59.1 Å². The summed E-state index contributed by atoms with van der Waals surface area (Å²) in [5.41, 5.74) is 4.12. The van der Waals surface area contributed by atoms with Crippen LogP contribution in [0.4, 0.5) is 0 Å². The molecule has 0 aliphatic carbocycles. The number of hydrogen-bond donors (Lipinski definition) is 1. The van der Waals surface area contributed by atoms with E-state index in [1.807, 2.05) is 68.4 Å². The van der Waals surface area contributed by atoms with Crippen LogP contribution in [0, 0.1) is 13.8 Å². The van der Waals surface area contributed by atoms with Crippen LogP contribution in [0.3, 0.4) is 0 Å². The molecule has 122 valence electrons. The fourth-order valence-electron chi connectivity index (χ4n) is 2.63. The molecule has 4 nitrogen and oxygen atoms in total. The Labute approximate surface area is 141 Å². The lowest BCUT2D eigenvalue weighted by molar-refractivity contribution is 0.0939. The number of nitrogens with zero attached hydrogens (tertiary/aromatic N) is 1. The molecule has 0 fully saturated rings. The molecule has 1 N–H and O–H groups in total. The number of nitrogens with one attached hydrogen (secondary N) is 1. The van der Waals surface area contributed by atoms with Crippen molar-refractivity contribution in [2.45, 2.75) is 26.8 Å². The van der Waals surface area contributed by atoms with E-state index in [2.05, 4.69) is 10.5 Å². The van der Waals surface area contributed by atoms with Crippen LogP contribution >= 0.6 is 0 Å². The summed E-state index contributed by atoms with van der Waals surface area (Å²) in [5, 5.41) is 7.00. The van der Waals surface area contributed by atoms with E-state index in [4.69, 9.17) is 4.52 Å². The Morgan fingerprint density at radius 1 is 1.04 bits per heavy atom. The Hall–Kier alpha value is -2.88. The van der Waals surface area contributed by atoms with Gasteiger partial charge in [-0.25, -0.2) is 0 Å². The van der Waals surface area contributed by atoms with Gasteiger partial charge in [-0.15, -0.1) is 0 Å². The predicted octanol–water partition coefficient (Wildman–Crippen LogP) is 4.45. The van der Waals surface area contributed by atoms with Crippen LogP contribution in [-0.2, 0) is 0 Å². The number of benzene rings is 2. The lowest BCUT2D eigenvalue weighted by Gasteiger charge is -2.14. The van der Waals surface area contributed by atoms with E-state index in [0.717, 1.165) is 16.7 Å². The van der Waals surface area contributed by atoms with Crippen molar-refractivity contribution >= 4 is 5.91 Å². The van der Waals surface area contributed by atoms with E-state index in [1.54, 1.807) is 6.92 Å². The van der Waals surface area contributed by atoms with Crippen molar-refractivity contribution in [3.8, 4) is 11.3 Å². The Balaban J connectivity index is 1.88. The highest BCUT2D eigenvalue weighted by atomic mass is 16.5. The van der Waals surface area contributed by atoms with Gasteiger partial charge in [-0.2, -0.15) is 0 Å². The van der Waals surface area contributed by atoms with Gasteiger partial charge in [0.05, 0.1) is 11.7 Å². The molecule has 3 rings (SSSR count). The van der Waals surface area contributed by atoms with Crippen molar-refractivity contribution in [3.63, 3.8) is 0 Å². The molecule has 1 amide bonds. The molecule has 24 heavy (non-hydrogen) atoms. The number of carbonyl (C=O) groups is 1. The molecule has 0 saturated heterocycles. The van der Waals surface area contributed by atoms with Gasteiger partial charge in [-0.1, -0.05) is 65.3 Å². The van der Waals surface area contributed by atoms with Crippen LogP contribution in [-0.4, -0.2) is 11.1 Å². The van der Waals surface area contributed by atoms with E-state index in [0.29, 0.717) is 17.0 Å². The summed E-state index contributed by atoms with van der Waals surface area (Å²) >= 11 is 0. The third-order valence-electron chi connectivity index (χ3n) is 4.05. The average Bonchev–Trinajstić information content (AvgIpc) is 2.98. The second-order valence-electron chi connectivity index (χ2n) is 5.94. The zero-order chi connectivity index (χ0) is 17.1. The maximum atomic E-state index is 12.8. The number of carbonyl (C=O) groups excluding carboxylic acids is 1. The number of aromatic nitrogens is 1. The standard InChI is InChI=1S/C20H20N2O2/c1-13-9-11-17(12-10-13)19-18(15(3)22-24-19)20(23)21-14(2)16-7-5-4-6-8-16/h4-12,14H,1-3H3,(H,21,23)/t14-/m1/s1. The first-order valence-corrected chi connectivity index (χ1v) is 7.95. The zero-order valence-corrected chi connectivity index (χ0v) is 14.0. The second kappa shape index (κ2) is 6.71. The van der Waals surface area contributed by atoms with Gasteiger partial charge < -0.3 is 9.84 Å². The number of hydrogen-bond acceptors (Lipinski definition) is 3. The highest BCUT2D eigenvalue weighted by Gasteiger charge is 2.23. The van der Waals surface area contributed by atoms with E-state index in [1.165, 1.54) is 0 Å². The van der Waals surface area contributed by atoms with Gasteiger partial charge in [0.15, 0.2) is 5.76 Å². The van der Waals surface area contributed by atoms with Crippen LogP contribution in [0.25, 0.3) is 11.3 Å². The minimum absolute atomic E-state index is 0.0983. The molecule has 0 radical (unpaired) electrons. The summed E-state index contributed by atoms with van der Waals surface area (Å²) in [6.45, 7) is 5.76. The molecular formula is C20H20N2O2. The molecular weight excluding hydrogens is 300 g/mol. The van der Waals surface area contributed by atoms with Crippen LogP contribution in [0.1, 0.15) is 40.1 Å². The van der Waals surface area contributed by atoms with Gasteiger partial charge in [0.1, 0.15) is 5.56 Å². The molecule has 1 heterocycles. The van der Waals surface area contributed by atoms with Gasteiger partial charge in [0, 0.05) is 5.56 Å². The highest BCUT2D eigenvalue weighted by Crippen LogP contribution is 2.27. The van der Waals surface area contributed by atoms with Crippen molar-refractivity contribution in [3.05, 3.63) is 77.0 Å². The minimum atomic E-state index is -0.180. The Kier molecular flexibility index (Phi) is 4.47. The largest absolute Gasteiger partial charge is 0.355 e. The van der Waals surface area contributed by atoms with Gasteiger partial charge >= 0.3 is 0 Å². The zero-order valence-electron chi connectivity index (χ0n) is 14.0. The molecule has 0 saturated carbocycles. The highest BCUT2D eigenvalue weighted by molar-refractivity contribution is 6.00. The van der Waals surface area contributed by atoms with Gasteiger partial charge in [0.25, 0.3) is 5.91 Å². The minimum Gasteiger partial charge on any atom is -0.355 e. The molecule has 0 bridgehead atoms. The monoisotopic (exact) mass is 320 g/mol. The Morgan fingerprint density at radius 3 is 2.38 bits per heavy atom. The molecule has 1 atom stereocenters. The second-order valence-corrected chi connectivity index (χ2v) is 5.94. The molecule has 0 spiro atoms. The van der Waals surface area contributed by atoms with Gasteiger partial charge in [-0.05, 0) is 26.3 Å². The van der Waals surface area contributed by atoms with Crippen molar-refractivity contribution < 1.29 is 9.32 Å². The first-order chi connectivity index (χ1) is 11.6. The molecule has 0 unspecified atom stereocenters. The maximum absolute atomic E-state index is 12.8. The third-order valence-corrected chi connectivity index (χ3v) is 4.05. The van der Waals surface area contributed by atoms with Crippen molar-refractivity contribution in [1.82, 2.24) is 10.5 Å². The topological polar surface area (TPSA) is 55.1 Å². The number of rotatable bonds is 4. The first kappa shape index (κ1) is 16.0. The van der Waals surface area contributed by atoms with E-state index < -0.39 is 0 Å². The Bertz CT molecular complexity index is 836. The molecule has 2 aromatic carbocycles. The third kappa shape index (κ3) is 3.23. The number of amides is 1. The van der Waals surface area contributed by atoms with Crippen LogP contribution in [0.2, 0.25) is 0 Å². The molecule has 0 aliphatic rings. The SMILES string of the molecule is Cc1ccc(-c2onc(C)c2C(=O)N[C@H](C)c2ccccc2)cc1. The summed E-state index contributed by atoms with van der Waals surface area (Å²) in [6, 6.07) is 17.6. The fraction of sp³-hybridized carbons (Fsp3) is 0.200.